The zero-order valence-corrected chi connectivity index (χ0v) is 20.3. The lowest BCUT2D eigenvalue weighted by Gasteiger charge is -2.40. The Bertz CT molecular complexity index is 724. The number of hydroxylamine groups is 1. The summed E-state index contributed by atoms with van der Waals surface area (Å²) in [4.78, 5) is 42.1. The number of hydrogen-bond donors (Lipinski definition) is 1. The lowest BCUT2D eigenvalue weighted by Crippen LogP contribution is -2.54. The molecule has 0 bridgehead atoms. The van der Waals surface area contributed by atoms with Gasteiger partial charge in [0, 0.05) is 38.2 Å². The summed E-state index contributed by atoms with van der Waals surface area (Å²) in [5.74, 6) is 0.830. The van der Waals surface area contributed by atoms with E-state index in [1.807, 2.05) is 4.90 Å². The number of amides is 2. The van der Waals surface area contributed by atoms with E-state index in [0.717, 1.165) is 12.8 Å². The van der Waals surface area contributed by atoms with E-state index in [0.29, 0.717) is 48.8 Å². The fourth-order valence-electron chi connectivity index (χ4n) is 3.48. The molecule has 1 aromatic heterocycles. The Morgan fingerprint density at radius 2 is 2.00 bits per heavy atom. The van der Waals surface area contributed by atoms with Crippen LogP contribution in [0.5, 0.6) is 0 Å². The third kappa shape index (κ3) is 8.82. The van der Waals surface area contributed by atoms with Crippen molar-refractivity contribution in [2.75, 3.05) is 36.9 Å². The highest BCUT2D eigenvalue weighted by atomic mass is 35.5. The zero-order valence-electron chi connectivity index (χ0n) is 18.7. The van der Waals surface area contributed by atoms with E-state index < -0.39 is 0 Å². The highest BCUT2D eigenvalue weighted by molar-refractivity contribution is 7.99. The van der Waals surface area contributed by atoms with Gasteiger partial charge in [0.05, 0.1) is 12.4 Å². The minimum absolute atomic E-state index is 0.0960. The van der Waals surface area contributed by atoms with Crippen LogP contribution in [0.1, 0.15) is 59.3 Å². The van der Waals surface area contributed by atoms with Crippen LogP contribution < -0.4 is 10.4 Å². The topological polar surface area (TPSA) is 87.7 Å². The van der Waals surface area contributed by atoms with Crippen LogP contribution in [-0.2, 0) is 14.4 Å². The first kappa shape index (κ1) is 25.7. The molecular formula is C21H34ClN5O3S. The second-order valence-corrected chi connectivity index (χ2v) is 8.95. The summed E-state index contributed by atoms with van der Waals surface area (Å²) in [5.41, 5.74) is 2.34. The first-order valence-electron chi connectivity index (χ1n) is 11.1. The van der Waals surface area contributed by atoms with Gasteiger partial charge in [0.15, 0.2) is 5.16 Å². The van der Waals surface area contributed by atoms with E-state index >= 15 is 0 Å². The summed E-state index contributed by atoms with van der Waals surface area (Å²) in [5, 5.41) is 0.767. The molecule has 0 saturated carbocycles. The summed E-state index contributed by atoms with van der Waals surface area (Å²) in [7, 11) is 0. The van der Waals surface area contributed by atoms with Gasteiger partial charge in [-0.05, 0) is 20.3 Å². The summed E-state index contributed by atoms with van der Waals surface area (Å²) in [6.45, 7) is 8.49. The minimum Gasteiger partial charge on any atom is -0.353 e. The minimum atomic E-state index is -0.257. The monoisotopic (exact) mass is 471 g/mol. The van der Waals surface area contributed by atoms with Crippen molar-refractivity contribution in [3.05, 3.63) is 11.2 Å². The van der Waals surface area contributed by atoms with Crippen molar-refractivity contribution in [3.63, 3.8) is 0 Å². The maximum atomic E-state index is 12.6. The van der Waals surface area contributed by atoms with Gasteiger partial charge in [0.1, 0.15) is 11.0 Å². The molecule has 2 rings (SSSR count). The van der Waals surface area contributed by atoms with Crippen molar-refractivity contribution >= 4 is 41.0 Å². The quantitative estimate of drug-likeness (QED) is 0.163. The number of unbranched alkanes of at least 4 members (excludes halogenated alkanes) is 4. The Balaban J connectivity index is 1.88. The van der Waals surface area contributed by atoms with Crippen molar-refractivity contribution in [1.82, 2.24) is 20.3 Å². The zero-order chi connectivity index (χ0) is 22.6. The SMILES string of the molecule is CCCCCCCC(=O)N1CCN(c2cc(Cl)nc(SCC(=O)NOCC)n2)CC1C. The molecule has 10 heteroatoms. The Kier molecular flexibility index (Phi) is 11.4. The Morgan fingerprint density at radius 3 is 2.71 bits per heavy atom. The van der Waals surface area contributed by atoms with Gasteiger partial charge in [0.2, 0.25) is 5.91 Å². The molecule has 174 valence electrons. The number of carbonyl (C=O) groups is 2. The highest BCUT2D eigenvalue weighted by Gasteiger charge is 2.28. The maximum Gasteiger partial charge on any atom is 0.254 e. The molecule has 0 aromatic carbocycles. The van der Waals surface area contributed by atoms with E-state index in [2.05, 4.69) is 34.2 Å². The van der Waals surface area contributed by atoms with E-state index in [-0.39, 0.29) is 23.6 Å². The van der Waals surface area contributed by atoms with Crippen molar-refractivity contribution in [2.24, 2.45) is 0 Å². The van der Waals surface area contributed by atoms with Crippen LogP contribution in [0, 0.1) is 0 Å². The molecule has 0 aliphatic carbocycles. The molecule has 2 amide bonds. The number of nitrogens with zero attached hydrogens (tertiary/aromatic N) is 4. The molecule has 1 aliphatic heterocycles. The van der Waals surface area contributed by atoms with Crippen LogP contribution in [0.4, 0.5) is 5.82 Å². The van der Waals surface area contributed by atoms with Gasteiger partial charge >= 0.3 is 0 Å². The van der Waals surface area contributed by atoms with Crippen LogP contribution in [-0.4, -0.2) is 64.7 Å². The van der Waals surface area contributed by atoms with E-state index in [1.165, 1.54) is 31.0 Å². The lowest BCUT2D eigenvalue weighted by atomic mass is 10.1. The first-order valence-corrected chi connectivity index (χ1v) is 12.4. The molecule has 1 N–H and O–H groups in total. The smallest absolute Gasteiger partial charge is 0.254 e. The predicted octanol–water partition coefficient (Wildman–Crippen LogP) is 3.69. The third-order valence-corrected chi connectivity index (χ3v) is 6.13. The largest absolute Gasteiger partial charge is 0.353 e. The molecule has 1 atom stereocenters. The summed E-state index contributed by atoms with van der Waals surface area (Å²) in [6, 6.07) is 1.82. The Morgan fingerprint density at radius 1 is 1.23 bits per heavy atom. The van der Waals surface area contributed by atoms with Crippen LogP contribution in [0.3, 0.4) is 0 Å². The highest BCUT2D eigenvalue weighted by Crippen LogP contribution is 2.24. The first-order chi connectivity index (χ1) is 14.9. The summed E-state index contributed by atoms with van der Waals surface area (Å²) in [6.07, 6.45) is 6.36. The number of carbonyl (C=O) groups excluding carboxylic acids is 2. The summed E-state index contributed by atoms with van der Waals surface area (Å²) < 4.78 is 0. The molecule has 1 fully saturated rings. The van der Waals surface area contributed by atoms with Crippen molar-refractivity contribution in [2.45, 2.75) is 70.5 Å². The van der Waals surface area contributed by atoms with Gasteiger partial charge in [-0.15, -0.1) is 0 Å². The molecule has 31 heavy (non-hydrogen) atoms. The van der Waals surface area contributed by atoms with Crippen molar-refractivity contribution < 1.29 is 14.4 Å². The number of piperazine rings is 1. The fourth-order valence-corrected chi connectivity index (χ4v) is 4.35. The van der Waals surface area contributed by atoms with E-state index in [9.17, 15) is 9.59 Å². The van der Waals surface area contributed by atoms with Crippen molar-refractivity contribution in [1.29, 1.82) is 0 Å². The average Bonchev–Trinajstić information content (AvgIpc) is 2.75. The van der Waals surface area contributed by atoms with Crippen LogP contribution in [0.15, 0.2) is 11.2 Å². The molecular weight excluding hydrogens is 438 g/mol. The van der Waals surface area contributed by atoms with E-state index in [4.69, 9.17) is 16.4 Å². The van der Waals surface area contributed by atoms with E-state index in [1.54, 1.807) is 13.0 Å². The molecule has 8 nitrogen and oxygen atoms in total. The standard InChI is InChI=1S/C21H34ClN5O3S/c1-4-6-7-8-9-10-20(29)27-12-11-26(14-16(27)3)18-13-17(22)23-21(24-18)31-15-19(28)25-30-5-2/h13,16H,4-12,14-15H2,1-3H3,(H,25,28). The molecule has 1 aliphatic rings. The number of anilines is 1. The molecule has 0 radical (unpaired) electrons. The van der Waals surface area contributed by atoms with Gasteiger partial charge < -0.3 is 9.80 Å². The molecule has 1 saturated heterocycles. The third-order valence-electron chi connectivity index (χ3n) is 5.09. The number of thioether (sulfide) groups is 1. The van der Waals surface area contributed by atoms with Gasteiger partial charge in [-0.3, -0.25) is 14.4 Å². The van der Waals surface area contributed by atoms with Gasteiger partial charge in [-0.25, -0.2) is 15.4 Å². The molecule has 1 aromatic rings. The van der Waals surface area contributed by atoms with Crippen LogP contribution in [0.25, 0.3) is 0 Å². The maximum absolute atomic E-state index is 12.6. The second-order valence-electron chi connectivity index (χ2n) is 7.62. The predicted molar refractivity (Wildman–Crippen MR) is 124 cm³/mol. The van der Waals surface area contributed by atoms with Gasteiger partial charge in [-0.2, -0.15) is 0 Å². The van der Waals surface area contributed by atoms with Crippen LogP contribution in [0.2, 0.25) is 5.15 Å². The number of hydrogen-bond acceptors (Lipinski definition) is 7. The van der Waals surface area contributed by atoms with Crippen LogP contribution >= 0.6 is 23.4 Å². The van der Waals surface area contributed by atoms with Crippen molar-refractivity contribution in [3.8, 4) is 0 Å². The number of rotatable bonds is 12. The summed E-state index contributed by atoms with van der Waals surface area (Å²) >= 11 is 7.40. The molecule has 0 spiro atoms. The average molecular weight is 472 g/mol. The lowest BCUT2D eigenvalue weighted by molar-refractivity contribution is -0.133. The van der Waals surface area contributed by atoms with Gasteiger partial charge in [0.25, 0.3) is 5.91 Å². The molecule has 1 unspecified atom stereocenters. The normalized spacial score (nSPS) is 16.5. The number of halogens is 1. The Hall–Kier alpha value is -1.58. The number of nitrogens with one attached hydrogen (secondary N) is 1. The second kappa shape index (κ2) is 13.8. The number of aromatic nitrogens is 2. The fraction of sp³-hybridized carbons (Fsp3) is 0.714. The molecule has 2 heterocycles. The Labute approximate surface area is 194 Å². The van der Waals surface area contributed by atoms with Gasteiger partial charge in [-0.1, -0.05) is 56.0 Å².